The van der Waals surface area contributed by atoms with Crippen molar-refractivity contribution in [3.05, 3.63) is 34.3 Å². The van der Waals surface area contributed by atoms with E-state index < -0.39 is 0 Å². The lowest BCUT2D eigenvalue weighted by Gasteiger charge is -2.20. The molecule has 0 amide bonds. The molecule has 3 heteroatoms. The number of thioether (sulfide) groups is 1. The SMILES string of the molecule is CCSCCCC(CNC(C)C)c1ccc(Br)cc1. The van der Waals surface area contributed by atoms with Gasteiger partial charge in [-0.15, -0.1) is 0 Å². The van der Waals surface area contributed by atoms with Crippen LogP contribution in [-0.2, 0) is 0 Å². The smallest absolute Gasteiger partial charge is 0.0175 e. The summed E-state index contributed by atoms with van der Waals surface area (Å²) in [6.45, 7) is 7.74. The van der Waals surface area contributed by atoms with Crippen LogP contribution in [0.25, 0.3) is 0 Å². The fourth-order valence-corrected chi connectivity index (χ4v) is 3.00. The first-order chi connectivity index (χ1) is 9.13. The van der Waals surface area contributed by atoms with Gasteiger partial charge in [-0.1, -0.05) is 48.8 Å². The van der Waals surface area contributed by atoms with Crippen LogP contribution in [0, 0.1) is 0 Å². The first-order valence-corrected chi connectivity index (χ1v) is 9.14. The Hall–Kier alpha value is 0.01000. The van der Waals surface area contributed by atoms with E-state index in [-0.39, 0.29) is 0 Å². The average Bonchev–Trinajstić information content (AvgIpc) is 2.39. The monoisotopic (exact) mass is 343 g/mol. The van der Waals surface area contributed by atoms with Gasteiger partial charge in [0.25, 0.3) is 0 Å². The zero-order valence-electron chi connectivity index (χ0n) is 12.3. The molecular weight excluding hydrogens is 318 g/mol. The van der Waals surface area contributed by atoms with Gasteiger partial charge in [-0.2, -0.15) is 11.8 Å². The Balaban J connectivity index is 2.54. The molecule has 0 aromatic heterocycles. The van der Waals surface area contributed by atoms with Gasteiger partial charge >= 0.3 is 0 Å². The second kappa shape index (κ2) is 9.84. The third-order valence-corrected chi connectivity index (χ3v) is 4.67. The van der Waals surface area contributed by atoms with Gasteiger partial charge in [0, 0.05) is 17.1 Å². The van der Waals surface area contributed by atoms with E-state index in [1.807, 2.05) is 11.8 Å². The minimum atomic E-state index is 0.558. The molecule has 1 N–H and O–H groups in total. The summed E-state index contributed by atoms with van der Waals surface area (Å²) in [6.07, 6.45) is 2.58. The van der Waals surface area contributed by atoms with Crippen molar-refractivity contribution in [3.8, 4) is 0 Å². The molecule has 19 heavy (non-hydrogen) atoms. The van der Waals surface area contributed by atoms with Crippen LogP contribution in [0.1, 0.15) is 45.1 Å². The Morgan fingerprint density at radius 1 is 1.21 bits per heavy atom. The molecule has 0 aliphatic heterocycles. The second-order valence-electron chi connectivity index (χ2n) is 5.15. The Bertz CT molecular complexity index is 337. The molecule has 0 saturated heterocycles. The molecule has 1 unspecified atom stereocenters. The lowest BCUT2D eigenvalue weighted by molar-refractivity contribution is 0.506. The first-order valence-electron chi connectivity index (χ1n) is 7.20. The molecular formula is C16H26BrNS. The lowest BCUT2D eigenvalue weighted by Crippen LogP contribution is -2.28. The molecule has 0 spiro atoms. The normalized spacial score (nSPS) is 12.9. The molecule has 0 saturated carbocycles. The van der Waals surface area contributed by atoms with Crippen LogP contribution in [0.3, 0.4) is 0 Å². The van der Waals surface area contributed by atoms with Gasteiger partial charge in [0.2, 0.25) is 0 Å². The second-order valence-corrected chi connectivity index (χ2v) is 7.46. The van der Waals surface area contributed by atoms with Crippen LogP contribution < -0.4 is 5.32 Å². The largest absolute Gasteiger partial charge is 0.314 e. The van der Waals surface area contributed by atoms with Crippen molar-refractivity contribution in [2.75, 3.05) is 18.1 Å². The fraction of sp³-hybridized carbons (Fsp3) is 0.625. The maximum atomic E-state index is 3.58. The molecule has 0 fully saturated rings. The maximum Gasteiger partial charge on any atom is 0.0175 e. The third-order valence-electron chi connectivity index (χ3n) is 3.16. The van der Waals surface area contributed by atoms with Crippen LogP contribution in [0.2, 0.25) is 0 Å². The number of hydrogen-bond acceptors (Lipinski definition) is 2. The molecule has 0 radical (unpaired) electrons. The highest BCUT2D eigenvalue weighted by atomic mass is 79.9. The van der Waals surface area contributed by atoms with Gasteiger partial charge in [0.1, 0.15) is 0 Å². The van der Waals surface area contributed by atoms with Gasteiger partial charge in [-0.3, -0.25) is 0 Å². The van der Waals surface area contributed by atoms with E-state index in [9.17, 15) is 0 Å². The summed E-state index contributed by atoms with van der Waals surface area (Å²) in [5, 5.41) is 3.58. The van der Waals surface area contributed by atoms with E-state index in [2.05, 4.69) is 66.3 Å². The quantitative estimate of drug-likeness (QED) is 0.628. The number of rotatable bonds is 9. The van der Waals surface area contributed by atoms with E-state index in [4.69, 9.17) is 0 Å². The highest BCUT2D eigenvalue weighted by molar-refractivity contribution is 9.10. The summed E-state index contributed by atoms with van der Waals surface area (Å²) in [5.74, 6) is 3.14. The van der Waals surface area contributed by atoms with Gasteiger partial charge < -0.3 is 5.32 Å². The molecule has 0 heterocycles. The van der Waals surface area contributed by atoms with Crippen molar-refractivity contribution in [1.29, 1.82) is 0 Å². The molecule has 0 aliphatic rings. The Labute approximate surface area is 131 Å². The zero-order chi connectivity index (χ0) is 14.1. The van der Waals surface area contributed by atoms with E-state index >= 15 is 0 Å². The van der Waals surface area contributed by atoms with Crippen LogP contribution in [0.5, 0.6) is 0 Å². The minimum absolute atomic E-state index is 0.558. The molecule has 1 atom stereocenters. The summed E-state index contributed by atoms with van der Waals surface area (Å²) in [5.41, 5.74) is 1.46. The van der Waals surface area contributed by atoms with E-state index in [1.54, 1.807) is 0 Å². The summed E-state index contributed by atoms with van der Waals surface area (Å²) in [7, 11) is 0. The predicted octanol–water partition coefficient (Wildman–Crippen LogP) is 5.06. The molecule has 108 valence electrons. The number of halogens is 1. The van der Waals surface area contributed by atoms with Crippen LogP contribution >= 0.6 is 27.7 Å². The molecule has 0 bridgehead atoms. The van der Waals surface area contributed by atoms with Crippen molar-refractivity contribution in [2.45, 2.75) is 45.6 Å². The number of nitrogens with one attached hydrogen (secondary N) is 1. The number of benzene rings is 1. The summed E-state index contributed by atoms with van der Waals surface area (Å²) >= 11 is 5.56. The molecule has 1 nitrogen and oxygen atoms in total. The molecule has 0 aliphatic carbocycles. The van der Waals surface area contributed by atoms with E-state index in [0.717, 1.165) is 11.0 Å². The Kier molecular flexibility index (Phi) is 8.84. The van der Waals surface area contributed by atoms with Crippen LogP contribution in [0.15, 0.2) is 28.7 Å². The minimum Gasteiger partial charge on any atom is -0.314 e. The molecule has 1 rings (SSSR count). The molecule has 1 aromatic carbocycles. The Morgan fingerprint density at radius 3 is 2.47 bits per heavy atom. The highest BCUT2D eigenvalue weighted by Crippen LogP contribution is 2.23. The average molecular weight is 344 g/mol. The van der Waals surface area contributed by atoms with Crippen molar-refractivity contribution >= 4 is 27.7 Å². The zero-order valence-corrected chi connectivity index (χ0v) is 14.7. The summed E-state index contributed by atoms with van der Waals surface area (Å²) < 4.78 is 1.16. The maximum absolute atomic E-state index is 3.58. The van der Waals surface area contributed by atoms with Gasteiger partial charge in [-0.05, 0) is 48.0 Å². The predicted molar refractivity (Wildman–Crippen MR) is 92.3 cm³/mol. The topological polar surface area (TPSA) is 12.0 Å². The van der Waals surface area contributed by atoms with E-state index in [1.165, 1.54) is 29.9 Å². The standard InChI is InChI=1S/C16H26BrNS/c1-4-19-11-5-6-15(12-18-13(2)3)14-7-9-16(17)10-8-14/h7-10,13,15,18H,4-6,11-12H2,1-3H3. The van der Waals surface area contributed by atoms with Gasteiger partial charge in [0.15, 0.2) is 0 Å². The fourth-order valence-electron chi connectivity index (χ4n) is 2.08. The van der Waals surface area contributed by atoms with Crippen LogP contribution in [0.4, 0.5) is 0 Å². The lowest BCUT2D eigenvalue weighted by atomic mass is 9.94. The van der Waals surface area contributed by atoms with Gasteiger partial charge in [-0.25, -0.2) is 0 Å². The highest BCUT2D eigenvalue weighted by Gasteiger charge is 2.11. The van der Waals surface area contributed by atoms with Crippen molar-refractivity contribution in [3.63, 3.8) is 0 Å². The Morgan fingerprint density at radius 2 is 1.89 bits per heavy atom. The van der Waals surface area contributed by atoms with Crippen LogP contribution in [-0.4, -0.2) is 24.1 Å². The van der Waals surface area contributed by atoms with Crippen molar-refractivity contribution in [2.24, 2.45) is 0 Å². The third kappa shape index (κ3) is 7.38. The van der Waals surface area contributed by atoms with Gasteiger partial charge in [0.05, 0.1) is 0 Å². The van der Waals surface area contributed by atoms with Crippen molar-refractivity contribution < 1.29 is 0 Å². The molecule has 1 aromatic rings. The first kappa shape index (κ1) is 17.1. The van der Waals surface area contributed by atoms with Crippen molar-refractivity contribution in [1.82, 2.24) is 5.32 Å². The summed E-state index contributed by atoms with van der Waals surface area (Å²) in [6, 6.07) is 9.37. The van der Waals surface area contributed by atoms with E-state index in [0.29, 0.717) is 12.0 Å². The summed E-state index contributed by atoms with van der Waals surface area (Å²) in [4.78, 5) is 0. The number of hydrogen-bond donors (Lipinski definition) is 1.